The van der Waals surface area contributed by atoms with Crippen molar-refractivity contribution in [1.29, 1.82) is 0 Å². The molecule has 0 aromatic rings. The fourth-order valence-electron chi connectivity index (χ4n) is 0.840. The van der Waals surface area contributed by atoms with E-state index in [0.29, 0.717) is 6.42 Å². The van der Waals surface area contributed by atoms with Gasteiger partial charge in [-0.3, -0.25) is 0 Å². The van der Waals surface area contributed by atoms with Gasteiger partial charge in [-0.25, -0.2) is 13.6 Å². The molecule has 2 N–H and O–H groups in total. The molecular weight excluding hydrogens is 404 g/mol. The van der Waals surface area contributed by atoms with Crippen molar-refractivity contribution >= 4 is 55.2 Å². The monoisotopic (exact) mass is 411 g/mol. The fourth-order valence-corrected chi connectivity index (χ4v) is 3.88. The molecule has 0 saturated carbocycles. The number of halogens is 2. The lowest BCUT2D eigenvalue weighted by Crippen LogP contribution is -2.36. The number of alkyl halides is 1. The van der Waals surface area contributed by atoms with Crippen molar-refractivity contribution in [3.8, 4) is 0 Å². The van der Waals surface area contributed by atoms with Crippen LogP contribution < -0.4 is 5.14 Å². The first-order valence-electron chi connectivity index (χ1n) is 3.10. The summed E-state index contributed by atoms with van der Waals surface area (Å²) < 4.78 is 22.3. The van der Waals surface area contributed by atoms with Gasteiger partial charge >= 0.3 is 0 Å². The molecule has 1 atom stereocenters. The first-order valence-corrected chi connectivity index (χ1v) is 6.81. The summed E-state index contributed by atoms with van der Waals surface area (Å²) in [5.41, 5.74) is 0. The second-order valence-electron chi connectivity index (χ2n) is 2.48. The van der Waals surface area contributed by atoms with Crippen LogP contribution in [0.25, 0.3) is 0 Å². The highest BCUT2D eigenvalue weighted by Gasteiger charge is 2.37. The number of hydrogen-bond acceptors (Lipinski definition) is 2. The van der Waals surface area contributed by atoms with E-state index in [1.165, 1.54) is 0 Å². The van der Waals surface area contributed by atoms with Crippen LogP contribution in [0.4, 0.5) is 0 Å². The third kappa shape index (κ3) is 2.20. The van der Waals surface area contributed by atoms with E-state index < -0.39 is 12.8 Å². The molecule has 68 valence electrons. The van der Waals surface area contributed by atoms with Crippen LogP contribution in [0.3, 0.4) is 0 Å². The molecule has 0 heterocycles. The smallest absolute Gasteiger partial charge is 0.227 e. The highest BCUT2D eigenvalue weighted by atomic mass is 127. The third-order valence-electron chi connectivity index (χ3n) is 1.51. The third-order valence-corrected chi connectivity index (χ3v) is 6.05. The summed E-state index contributed by atoms with van der Waals surface area (Å²) in [7, 11) is -3.50. The molecule has 0 aromatic carbocycles. The second kappa shape index (κ2) is 3.54. The summed E-state index contributed by atoms with van der Waals surface area (Å²) in [6.45, 7) is 0. The number of primary sulfonamides is 1. The molecule has 6 heteroatoms. The highest BCUT2D eigenvalue weighted by Crippen LogP contribution is 2.37. The predicted octanol–water partition coefficient (Wildman–Crippen LogP) is 1.69. The normalized spacial score (nSPS) is 30.1. The summed E-state index contributed by atoms with van der Waals surface area (Å²) in [5.74, 6) is 0. The Balaban J connectivity index is 3.07. The van der Waals surface area contributed by atoms with Crippen LogP contribution >= 0.6 is 45.2 Å². The van der Waals surface area contributed by atoms with Crippen molar-refractivity contribution in [2.45, 2.75) is 9.17 Å². The summed E-state index contributed by atoms with van der Waals surface area (Å²) in [6.07, 6.45) is 5.68. The van der Waals surface area contributed by atoms with Crippen LogP contribution in [0, 0.1) is 0 Å². The molecule has 0 radical (unpaired) electrons. The maximum absolute atomic E-state index is 11.1. The Morgan fingerprint density at radius 2 is 2.17 bits per heavy atom. The van der Waals surface area contributed by atoms with Gasteiger partial charge in [0.15, 0.2) is 2.75 Å². The minimum atomic E-state index is -3.50. The van der Waals surface area contributed by atoms with E-state index >= 15 is 0 Å². The van der Waals surface area contributed by atoms with Gasteiger partial charge in [0.2, 0.25) is 10.0 Å². The van der Waals surface area contributed by atoms with E-state index in [1.807, 2.05) is 28.7 Å². The molecule has 0 saturated heterocycles. The van der Waals surface area contributed by atoms with Gasteiger partial charge < -0.3 is 0 Å². The van der Waals surface area contributed by atoms with Crippen molar-refractivity contribution in [1.82, 2.24) is 0 Å². The van der Waals surface area contributed by atoms with Gasteiger partial charge in [0, 0.05) is 6.42 Å². The Hall–Kier alpha value is 0.850. The first-order chi connectivity index (χ1) is 5.35. The molecule has 0 amide bonds. The number of nitrogens with two attached hydrogens (primary N) is 1. The lowest BCUT2D eigenvalue weighted by molar-refractivity contribution is 0.587. The largest absolute Gasteiger partial charge is 0.228 e. The van der Waals surface area contributed by atoms with Crippen LogP contribution in [0.15, 0.2) is 21.8 Å². The van der Waals surface area contributed by atoms with Crippen molar-refractivity contribution in [2.24, 2.45) is 5.14 Å². The van der Waals surface area contributed by atoms with E-state index in [4.69, 9.17) is 5.14 Å². The average molecular weight is 411 g/mol. The highest BCUT2D eigenvalue weighted by molar-refractivity contribution is 14.1. The summed E-state index contributed by atoms with van der Waals surface area (Å²) in [6, 6.07) is 0. The van der Waals surface area contributed by atoms with E-state index in [0.717, 1.165) is 3.58 Å². The van der Waals surface area contributed by atoms with E-state index in [2.05, 4.69) is 22.6 Å². The van der Waals surface area contributed by atoms with E-state index in [9.17, 15) is 8.42 Å². The molecule has 3 nitrogen and oxygen atoms in total. The van der Waals surface area contributed by atoms with Crippen LogP contribution in [-0.4, -0.2) is 11.2 Å². The van der Waals surface area contributed by atoms with Gasteiger partial charge in [0.05, 0.1) is 0 Å². The van der Waals surface area contributed by atoms with Crippen molar-refractivity contribution < 1.29 is 8.42 Å². The van der Waals surface area contributed by atoms with Gasteiger partial charge in [-0.05, 0) is 26.2 Å². The van der Waals surface area contributed by atoms with Crippen molar-refractivity contribution in [3.63, 3.8) is 0 Å². The Morgan fingerprint density at radius 1 is 1.58 bits per heavy atom. The summed E-state index contributed by atoms with van der Waals surface area (Å²) in [5, 5.41) is 5.09. The van der Waals surface area contributed by atoms with Crippen molar-refractivity contribution in [3.05, 3.63) is 21.8 Å². The maximum Gasteiger partial charge on any atom is 0.228 e. The van der Waals surface area contributed by atoms with E-state index in [-0.39, 0.29) is 0 Å². The standard InChI is InChI=1S/C6H7I2NO2S/c7-5-2-1-3-6(8,4-5)12(9,10)11/h1-3H,4H2,(H2,9,10,11). The molecule has 1 aliphatic rings. The van der Waals surface area contributed by atoms with E-state index in [1.54, 1.807) is 12.2 Å². The molecule has 0 aromatic heterocycles. The van der Waals surface area contributed by atoms with Gasteiger partial charge in [0.1, 0.15) is 0 Å². The Kier molecular flexibility index (Phi) is 3.22. The van der Waals surface area contributed by atoms with Gasteiger partial charge in [-0.2, -0.15) is 0 Å². The Labute approximate surface area is 98.8 Å². The Bertz CT molecular complexity index is 347. The maximum atomic E-state index is 11.1. The van der Waals surface area contributed by atoms with Gasteiger partial charge in [-0.15, -0.1) is 0 Å². The quantitative estimate of drug-likeness (QED) is 0.528. The molecule has 0 aliphatic heterocycles. The zero-order chi connectivity index (χ0) is 9.41. The zero-order valence-corrected chi connectivity index (χ0v) is 11.1. The number of allylic oxidation sites excluding steroid dienone is 3. The van der Waals surface area contributed by atoms with Crippen LogP contribution in [-0.2, 0) is 10.0 Å². The number of hydrogen-bond donors (Lipinski definition) is 1. The van der Waals surface area contributed by atoms with Crippen LogP contribution in [0.5, 0.6) is 0 Å². The minimum absolute atomic E-state index is 0.462. The van der Waals surface area contributed by atoms with Crippen LogP contribution in [0.2, 0.25) is 0 Å². The topological polar surface area (TPSA) is 60.2 Å². The molecule has 1 aliphatic carbocycles. The molecule has 0 fully saturated rings. The minimum Gasteiger partial charge on any atom is -0.227 e. The Morgan fingerprint density at radius 3 is 2.50 bits per heavy atom. The molecule has 1 unspecified atom stereocenters. The fraction of sp³-hybridized carbons (Fsp3) is 0.333. The zero-order valence-electron chi connectivity index (χ0n) is 6.00. The lowest BCUT2D eigenvalue weighted by atomic mass is 10.2. The molecule has 0 bridgehead atoms. The molecule has 12 heavy (non-hydrogen) atoms. The summed E-state index contributed by atoms with van der Waals surface area (Å²) in [4.78, 5) is 0. The molecule has 0 spiro atoms. The average Bonchev–Trinajstić information content (AvgIpc) is 1.83. The SMILES string of the molecule is NS(=O)(=O)C1(I)C=CC=C(I)C1. The van der Waals surface area contributed by atoms with Crippen molar-refractivity contribution in [2.75, 3.05) is 0 Å². The van der Waals surface area contributed by atoms with Gasteiger partial charge in [-0.1, -0.05) is 40.8 Å². The predicted molar refractivity (Wildman–Crippen MR) is 65.7 cm³/mol. The first kappa shape index (κ1) is 10.9. The molecular formula is C6H7I2NO2S. The van der Waals surface area contributed by atoms with Crippen LogP contribution in [0.1, 0.15) is 6.42 Å². The second-order valence-corrected chi connectivity index (χ2v) is 8.34. The molecule has 1 rings (SSSR count). The van der Waals surface area contributed by atoms with Gasteiger partial charge in [0.25, 0.3) is 0 Å². The summed E-state index contributed by atoms with van der Waals surface area (Å²) >= 11 is 3.97. The number of sulfonamides is 1. The lowest BCUT2D eigenvalue weighted by Gasteiger charge is -2.23. The number of rotatable bonds is 1.